The van der Waals surface area contributed by atoms with Crippen molar-refractivity contribution in [2.75, 3.05) is 13.2 Å². The van der Waals surface area contributed by atoms with Crippen LogP contribution in [-0.2, 0) is 6.54 Å². The van der Waals surface area contributed by atoms with E-state index in [1.165, 1.54) is 11.3 Å². The van der Waals surface area contributed by atoms with E-state index in [-0.39, 0.29) is 18.7 Å². The molecular weight excluding hydrogens is 322 g/mol. The van der Waals surface area contributed by atoms with Crippen LogP contribution in [0.5, 0.6) is 0 Å². The van der Waals surface area contributed by atoms with Crippen LogP contribution in [0.2, 0.25) is 0 Å². The van der Waals surface area contributed by atoms with Crippen LogP contribution in [0, 0.1) is 11.3 Å². The molecule has 124 valence electrons. The van der Waals surface area contributed by atoms with Crippen LogP contribution in [0.3, 0.4) is 0 Å². The minimum atomic E-state index is -0.125. The van der Waals surface area contributed by atoms with Crippen molar-refractivity contribution in [3.05, 3.63) is 46.8 Å². The number of aliphatic hydroxyl groups excluding tert-OH is 1. The van der Waals surface area contributed by atoms with E-state index >= 15 is 0 Å². The Morgan fingerprint density at radius 2 is 2.21 bits per heavy atom. The number of carbonyl (C=O) groups is 1. The second kappa shape index (κ2) is 7.47. The van der Waals surface area contributed by atoms with Crippen molar-refractivity contribution in [2.24, 2.45) is 0 Å². The lowest BCUT2D eigenvalue weighted by molar-refractivity contribution is 0.173. The molecule has 1 aromatic heterocycles. The highest BCUT2D eigenvalue weighted by atomic mass is 32.1. The molecule has 1 aliphatic rings. The molecule has 1 fully saturated rings. The van der Waals surface area contributed by atoms with Gasteiger partial charge in [0, 0.05) is 24.0 Å². The van der Waals surface area contributed by atoms with E-state index < -0.39 is 0 Å². The third kappa shape index (κ3) is 3.94. The Bertz CT molecular complexity index is 762. The average molecular weight is 341 g/mol. The van der Waals surface area contributed by atoms with E-state index in [1.807, 2.05) is 36.4 Å². The molecule has 0 bridgehead atoms. The van der Waals surface area contributed by atoms with Gasteiger partial charge in [-0.25, -0.2) is 4.79 Å². The number of rotatable bonds is 6. The molecular formula is C18H19N3O2S. The van der Waals surface area contributed by atoms with E-state index in [2.05, 4.69) is 11.4 Å². The number of aliphatic hydroxyl groups is 1. The number of nitriles is 1. The lowest BCUT2D eigenvalue weighted by Gasteiger charge is -2.21. The van der Waals surface area contributed by atoms with Gasteiger partial charge in [-0.3, -0.25) is 0 Å². The van der Waals surface area contributed by atoms with Crippen LogP contribution in [0.25, 0.3) is 10.4 Å². The summed E-state index contributed by atoms with van der Waals surface area (Å²) in [6.45, 7) is 0.805. The zero-order valence-corrected chi connectivity index (χ0v) is 14.1. The molecule has 0 unspecified atom stereocenters. The third-order valence-corrected chi connectivity index (χ3v) is 5.00. The molecule has 1 saturated carbocycles. The quantitative estimate of drug-likeness (QED) is 0.848. The first-order chi connectivity index (χ1) is 11.7. The summed E-state index contributed by atoms with van der Waals surface area (Å²) in [6.07, 6.45) is 2.03. The Labute approximate surface area is 145 Å². The van der Waals surface area contributed by atoms with Crippen molar-refractivity contribution in [3.63, 3.8) is 0 Å². The molecule has 1 aliphatic carbocycles. The molecule has 0 aliphatic heterocycles. The summed E-state index contributed by atoms with van der Waals surface area (Å²) in [5, 5.41) is 20.9. The number of urea groups is 1. The highest BCUT2D eigenvalue weighted by Crippen LogP contribution is 2.28. The van der Waals surface area contributed by atoms with Crippen molar-refractivity contribution in [3.8, 4) is 16.5 Å². The van der Waals surface area contributed by atoms with Crippen molar-refractivity contribution in [1.29, 1.82) is 5.26 Å². The molecule has 0 atom stereocenters. The standard InChI is InChI=1S/C18H19N3O2S/c19-11-16-6-7-17(24-16)14-3-1-2-13(10-14)12-20-18(23)21(8-9-22)15-4-5-15/h1-3,6-7,10,15,22H,4-5,8-9,12H2,(H,20,23). The average Bonchev–Trinajstić information content (AvgIpc) is 3.33. The van der Waals surface area contributed by atoms with Crippen LogP contribution in [0.15, 0.2) is 36.4 Å². The van der Waals surface area contributed by atoms with Crippen molar-refractivity contribution in [1.82, 2.24) is 10.2 Å². The third-order valence-electron chi connectivity index (χ3n) is 3.96. The summed E-state index contributed by atoms with van der Waals surface area (Å²) in [6, 6.07) is 14.0. The summed E-state index contributed by atoms with van der Waals surface area (Å²) in [5.74, 6) is 0. The zero-order chi connectivity index (χ0) is 16.9. The monoisotopic (exact) mass is 341 g/mol. The number of hydrogen-bond acceptors (Lipinski definition) is 4. The predicted octanol–water partition coefficient (Wildman–Crippen LogP) is 2.95. The van der Waals surface area contributed by atoms with E-state index in [0.29, 0.717) is 18.0 Å². The maximum absolute atomic E-state index is 12.3. The van der Waals surface area contributed by atoms with E-state index in [9.17, 15) is 4.79 Å². The van der Waals surface area contributed by atoms with Crippen molar-refractivity contribution >= 4 is 17.4 Å². The molecule has 2 aromatic rings. The molecule has 1 heterocycles. The molecule has 2 N–H and O–H groups in total. The zero-order valence-electron chi connectivity index (χ0n) is 13.2. The summed E-state index contributed by atoms with van der Waals surface area (Å²) in [4.78, 5) is 15.7. The largest absolute Gasteiger partial charge is 0.395 e. The van der Waals surface area contributed by atoms with Gasteiger partial charge in [0.25, 0.3) is 0 Å². The van der Waals surface area contributed by atoms with Gasteiger partial charge in [-0.05, 0) is 42.2 Å². The van der Waals surface area contributed by atoms with Gasteiger partial charge in [0.05, 0.1) is 6.61 Å². The molecule has 0 saturated heterocycles. The summed E-state index contributed by atoms with van der Waals surface area (Å²) < 4.78 is 0. The predicted molar refractivity (Wildman–Crippen MR) is 93.5 cm³/mol. The Kier molecular flexibility index (Phi) is 5.14. The Balaban J connectivity index is 1.64. The van der Waals surface area contributed by atoms with Crippen molar-refractivity contribution < 1.29 is 9.90 Å². The topological polar surface area (TPSA) is 76.4 Å². The summed E-state index contributed by atoms with van der Waals surface area (Å²) >= 11 is 1.46. The second-order valence-electron chi connectivity index (χ2n) is 5.78. The number of benzene rings is 1. The number of amides is 2. The van der Waals surface area contributed by atoms with Gasteiger partial charge in [0.2, 0.25) is 0 Å². The van der Waals surface area contributed by atoms with E-state index in [1.54, 1.807) is 4.90 Å². The lowest BCUT2D eigenvalue weighted by Crippen LogP contribution is -2.42. The fraction of sp³-hybridized carbons (Fsp3) is 0.333. The van der Waals surface area contributed by atoms with Gasteiger partial charge in [-0.15, -0.1) is 11.3 Å². The van der Waals surface area contributed by atoms with Gasteiger partial charge in [-0.2, -0.15) is 5.26 Å². The Morgan fingerprint density at radius 1 is 1.38 bits per heavy atom. The maximum atomic E-state index is 12.3. The number of thiophene rings is 1. The first kappa shape index (κ1) is 16.5. The molecule has 3 rings (SSSR count). The SMILES string of the molecule is N#Cc1ccc(-c2cccc(CNC(=O)N(CCO)C3CC3)c2)s1. The molecule has 0 spiro atoms. The molecule has 1 aromatic carbocycles. The van der Waals surface area contributed by atoms with Crippen LogP contribution >= 0.6 is 11.3 Å². The highest BCUT2D eigenvalue weighted by molar-refractivity contribution is 7.16. The highest BCUT2D eigenvalue weighted by Gasteiger charge is 2.31. The summed E-state index contributed by atoms with van der Waals surface area (Å²) in [5.41, 5.74) is 2.05. The molecule has 2 amide bonds. The minimum absolute atomic E-state index is 0.0149. The fourth-order valence-corrected chi connectivity index (χ4v) is 3.41. The van der Waals surface area contributed by atoms with Crippen LogP contribution in [-0.4, -0.2) is 35.2 Å². The fourth-order valence-electron chi connectivity index (χ4n) is 2.61. The van der Waals surface area contributed by atoms with Crippen LogP contribution in [0.4, 0.5) is 4.79 Å². The first-order valence-corrected chi connectivity index (χ1v) is 8.77. The number of hydrogen-bond donors (Lipinski definition) is 2. The normalized spacial score (nSPS) is 13.3. The van der Waals surface area contributed by atoms with Crippen LogP contribution in [0.1, 0.15) is 23.3 Å². The molecule has 5 nitrogen and oxygen atoms in total. The van der Waals surface area contributed by atoms with E-state index in [4.69, 9.17) is 10.4 Å². The van der Waals surface area contributed by atoms with Gasteiger partial charge >= 0.3 is 6.03 Å². The second-order valence-corrected chi connectivity index (χ2v) is 6.87. The van der Waals surface area contributed by atoms with E-state index in [0.717, 1.165) is 28.8 Å². The molecule has 6 heteroatoms. The lowest BCUT2D eigenvalue weighted by atomic mass is 10.1. The van der Waals surface area contributed by atoms with Gasteiger partial charge in [0.15, 0.2) is 0 Å². The minimum Gasteiger partial charge on any atom is -0.395 e. The maximum Gasteiger partial charge on any atom is 0.317 e. The smallest absolute Gasteiger partial charge is 0.317 e. The van der Waals surface area contributed by atoms with Gasteiger partial charge in [0.1, 0.15) is 10.9 Å². The number of nitrogens with zero attached hydrogens (tertiary/aromatic N) is 2. The summed E-state index contributed by atoms with van der Waals surface area (Å²) in [7, 11) is 0. The van der Waals surface area contributed by atoms with Gasteiger partial charge < -0.3 is 15.3 Å². The van der Waals surface area contributed by atoms with Crippen LogP contribution < -0.4 is 5.32 Å². The first-order valence-electron chi connectivity index (χ1n) is 7.96. The molecule has 0 radical (unpaired) electrons. The number of carbonyl (C=O) groups excluding carboxylic acids is 1. The number of nitrogens with one attached hydrogen (secondary N) is 1. The Morgan fingerprint density at radius 3 is 2.88 bits per heavy atom. The van der Waals surface area contributed by atoms with Gasteiger partial charge in [-0.1, -0.05) is 18.2 Å². The Hall–Kier alpha value is -2.36. The molecule has 24 heavy (non-hydrogen) atoms. The van der Waals surface area contributed by atoms with Crippen molar-refractivity contribution in [2.45, 2.75) is 25.4 Å².